The van der Waals surface area contributed by atoms with Crippen molar-refractivity contribution in [1.29, 1.82) is 0 Å². The number of nitrogens with zero attached hydrogens (tertiary/aromatic N) is 1. The lowest BCUT2D eigenvalue weighted by molar-refractivity contribution is -0.140. The summed E-state index contributed by atoms with van der Waals surface area (Å²) in [6.45, 7) is 5.29. The first-order valence-corrected chi connectivity index (χ1v) is 10.8. The third kappa shape index (κ3) is 7.72. The van der Waals surface area contributed by atoms with E-state index in [-0.39, 0.29) is 11.8 Å². The van der Waals surface area contributed by atoms with E-state index >= 15 is 0 Å². The van der Waals surface area contributed by atoms with Crippen molar-refractivity contribution in [2.75, 3.05) is 13.1 Å². The smallest absolute Gasteiger partial charge is 0.242 e. The Balaban J connectivity index is 2.07. The Morgan fingerprint density at radius 3 is 2.03 bits per heavy atom. The fraction of sp³-hybridized carbons (Fsp3) is 0.440. The summed E-state index contributed by atoms with van der Waals surface area (Å²) in [5, 5.41) is 3.01. The van der Waals surface area contributed by atoms with Gasteiger partial charge in [-0.25, -0.2) is 0 Å². The van der Waals surface area contributed by atoms with Gasteiger partial charge in [0.2, 0.25) is 11.8 Å². The zero-order valence-electron chi connectivity index (χ0n) is 17.8. The number of benzene rings is 2. The maximum atomic E-state index is 13.1. The summed E-state index contributed by atoms with van der Waals surface area (Å²) in [6, 6.07) is 19.7. The van der Waals surface area contributed by atoms with E-state index in [0.717, 1.165) is 24.8 Å². The van der Waals surface area contributed by atoms with Gasteiger partial charge >= 0.3 is 0 Å². The molecule has 2 aromatic carbocycles. The van der Waals surface area contributed by atoms with Crippen LogP contribution >= 0.6 is 0 Å². The first-order chi connectivity index (χ1) is 14.2. The Labute approximate surface area is 175 Å². The molecule has 156 valence electrons. The fourth-order valence-electron chi connectivity index (χ4n) is 3.44. The molecule has 1 unspecified atom stereocenters. The van der Waals surface area contributed by atoms with Crippen LogP contribution in [0.4, 0.5) is 0 Å². The van der Waals surface area contributed by atoms with Crippen LogP contribution in [0.15, 0.2) is 60.7 Å². The van der Waals surface area contributed by atoms with Crippen LogP contribution in [0.25, 0.3) is 0 Å². The highest BCUT2D eigenvalue weighted by atomic mass is 16.2. The third-order valence-electron chi connectivity index (χ3n) is 5.17. The van der Waals surface area contributed by atoms with Crippen LogP contribution in [0.2, 0.25) is 0 Å². The standard InChI is InChI=1S/C25H34N2O2/c1-3-5-19-26-25(29)23(4-2)27(20-18-22-14-10-7-11-15-22)24(28)17-16-21-12-8-6-9-13-21/h6-15,23H,3-5,16-20H2,1-2H3,(H,26,29). The monoisotopic (exact) mass is 394 g/mol. The maximum Gasteiger partial charge on any atom is 0.242 e. The van der Waals surface area contributed by atoms with Gasteiger partial charge in [0, 0.05) is 19.5 Å². The van der Waals surface area contributed by atoms with Crippen molar-refractivity contribution in [3.05, 3.63) is 71.8 Å². The molecule has 0 bridgehead atoms. The van der Waals surface area contributed by atoms with Gasteiger partial charge in [-0.1, -0.05) is 80.9 Å². The van der Waals surface area contributed by atoms with Crippen LogP contribution < -0.4 is 5.32 Å². The number of nitrogens with one attached hydrogen (secondary N) is 1. The number of carbonyl (C=O) groups is 2. The normalized spacial score (nSPS) is 11.7. The quantitative estimate of drug-likeness (QED) is 0.543. The molecule has 0 fully saturated rings. The van der Waals surface area contributed by atoms with Gasteiger partial charge in [-0.3, -0.25) is 9.59 Å². The predicted octanol–water partition coefficient (Wildman–Crippen LogP) is 4.39. The van der Waals surface area contributed by atoms with Gasteiger partial charge in [0.05, 0.1) is 0 Å². The summed E-state index contributed by atoms with van der Waals surface area (Å²) in [5.74, 6) is 0.00403. The maximum absolute atomic E-state index is 13.1. The Morgan fingerprint density at radius 1 is 0.897 bits per heavy atom. The largest absolute Gasteiger partial charge is 0.354 e. The molecule has 0 saturated carbocycles. The van der Waals surface area contributed by atoms with Crippen LogP contribution in [0.1, 0.15) is 50.7 Å². The van der Waals surface area contributed by atoms with Gasteiger partial charge in [0.25, 0.3) is 0 Å². The molecule has 0 aliphatic rings. The molecule has 0 radical (unpaired) electrons. The number of hydrogen-bond donors (Lipinski definition) is 1. The van der Waals surface area contributed by atoms with E-state index in [1.807, 2.05) is 55.5 Å². The van der Waals surface area contributed by atoms with Gasteiger partial charge < -0.3 is 10.2 Å². The first-order valence-electron chi connectivity index (χ1n) is 10.8. The topological polar surface area (TPSA) is 49.4 Å². The van der Waals surface area contributed by atoms with Crippen molar-refractivity contribution in [2.24, 2.45) is 0 Å². The minimum absolute atomic E-state index is 0.0397. The van der Waals surface area contributed by atoms with E-state index in [1.165, 1.54) is 5.56 Å². The van der Waals surface area contributed by atoms with Crippen molar-refractivity contribution in [2.45, 2.75) is 58.4 Å². The van der Waals surface area contributed by atoms with Gasteiger partial charge in [0.15, 0.2) is 0 Å². The summed E-state index contributed by atoms with van der Waals surface area (Å²) in [7, 11) is 0. The molecule has 0 aliphatic heterocycles. The molecule has 4 nitrogen and oxygen atoms in total. The van der Waals surface area contributed by atoms with Crippen LogP contribution in [-0.4, -0.2) is 35.8 Å². The molecule has 1 N–H and O–H groups in total. The van der Waals surface area contributed by atoms with E-state index in [1.54, 1.807) is 4.90 Å². The van der Waals surface area contributed by atoms with Crippen LogP contribution in [0, 0.1) is 0 Å². The molecule has 0 aromatic heterocycles. The molecular formula is C25H34N2O2. The summed E-state index contributed by atoms with van der Waals surface area (Å²) in [4.78, 5) is 27.7. The van der Waals surface area contributed by atoms with Crippen molar-refractivity contribution in [1.82, 2.24) is 10.2 Å². The van der Waals surface area contributed by atoms with E-state index < -0.39 is 6.04 Å². The van der Waals surface area contributed by atoms with Gasteiger partial charge in [-0.2, -0.15) is 0 Å². The van der Waals surface area contributed by atoms with E-state index in [0.29, 0.717) is 32.4 Å². The Bertz CT molecular complexity index is 731. The first kappa shape index (κ1) is 22.7. The lowest BCUT2D eigenvalue weighted by Gasteiger charge is -2.30. The van der Waals surface area contributed by atoms with Gasteiger partial charge in [0.1, 0.15) is 6.04 Å². The molecule has 2 aromatic rings. The molecule has 4 heteroatoms. The van der Waals surface area contributed by atoms with Crippen molar-refractivity contribution < 1.29 is 9.59 Å². The predicted molar refractivity (Wildman–Crippen MR) is 119 cm³/mol. The van der Waals surface area contributed by atoms with Crippen LogP contribution in [-0.2, 0) is 22.4 Å². The number of amides is 2. The second-order valence-corrected chi connectivity index (χ2v) is 7.38. The van der Waals surface area contributed by atoms with Gasteiger partial charge in [-0.05, 0) is 36.8 Å². The fourth-order valence-corrected chi connectivity index (χ4v) is 3.44. The highest BCUT2D eigenvalue weighted by Gasteiger charge is 2.27. The zero-order valence-corrected chi connectivity index (χ0v) is 17.8. The minimum atomic E-state index is -0.418. The molecular weight excluding hydrogens is 360 g/mol. The lowest BCUT2D eigenvalue weighted by atomic mass is 10.1. The highest BCUT2D eigenvalue weighted by molar-refractivity contribution is 5.87. The molecule has 0 heterocycles. The third-order valence-corrected chi connectivity index (χ3v) is 5.17. The number of rotatable bonds is 12. The minimum Gasteiger partial charge on any atom is -0.354 e. The van der Waals surface area contributed by atoms with Crippen molar-refractivity contribution >= 4 is 11.8 Å². The van der Waals surface area contributed by atoms with Crippen LogP contribution in [0.3, 0.4) is 0 Å². The molecule has 0 aliphatic carbocycles. The Morgan fingerprint density at radius 2 is 1.48 bits per heavy atom. The molecule has 2 amide bonds. The molecule has 1 atom stereocenters. The average molecular weight is 395 g/mol. The van der Waals surface area contributed by atoms with E-state index in [4.69, 9.17) is 0 Å². The summed E-state index contributed by atoms with van der Waals surface area (Å²) in [6.07, 6.45) is 4.45. The summed E-state index contributed by atoms with van der Waals surface area (Å²) in [5.41, 5.74) is 2.32. The summed E-state index contributed by atoms with van der Waals surface area (Å²) < 4.78 is 0. The second-order valence-electron chi connectivity index (χ2n) is 7.38. The average Bonchev–Trinajstić information content (AvgIpc) is 2.76. The van der Waals surface area contributed by atoms with E-state index in [2.05, 4.69) is 24.4 Å². The highest BCUT2D eigenvalue weighted by Crippen LogP contribution is 2.13. The van der Waals surface area contributed by atoms with Crippen molar-refractivity contribution in [3.63, 3.8) is 0 Å². The summed E-state index contributed by atoms with van der Waals surface area (Å²) >= 11 is 0. The van der Waals surface area contributed by atoms with Crippen LogP contribution in [0.5, 0.6) is 0 Å². The number of hydrogen-bond acceptors (Lipinski definition) is 2. The number of unbranched alkanes of at least 4 members (excludes halogenated alkanes) is 1. The molecule has 0 saturated heterocycles. The Kier molecular flexibility index (Phi) is 9.98. The number of aryl methyl sites for hydroxylation is 1. The van der Waals surface area contributed by atoms with Gasteiger partial charge in [-0.15, -0.1) is 0 Å². The molecule has 0 spiro atoms. The number of carbonyl (C=O) groups excluding carboxylic acids is 2. The Hall–Kier alpha value is -2.62. The van der Waals surface area contributed by atoms with Crippen molar-refractivity contribution in [3.8, 4) is 0 Å². The molecule has 29 heavy (non-hydrogen) atoms. The van der Waals surface area contributed by atoms with E-state index in [9.17, 15) is 9.59 Å². The SMILES string of the molecule is CCCCNC(=O)C(CC)N(CCc1ccccc1)C(=O)CCc1ccccc1. The zero-order chi connectivity index (χ0) is 20.9. The molecule has 2 rings (SSSR count). The second kappa shape index (κ2) is 12.8. The lowest BCUT2D eigenvalue weighted by Crippen LogP contribution is -2.50.